The third-order valence-electron chi connectivity index (χ3n) is 2.11. The maximum atomic E-state index is 11.9. The molecule has 1 rings (SSSR count). The van der Waals surface area contributed by atoms with Crippen LogP contribution in [-0.4, -0.2) is 29.5 Å². The Morgan fingerprint density at radius 1 is 1.76 bits per heavy atom. The van der Waals surface area contributed by atoms with E-state index in [0.29, 0.717) is 23.3 Å². The van der Waals surface area contributed by atoms with Gasteiger partial charge in [0, 0.05) is 7.11 Å². The van der Waals surface area contributed by atoms with E-state index in [1.807, 2.05) is 6.92 Å². The van der Waals surface area contributed by atoms with E-state index in [2.05, 4.69) is 32.3 Å². The number of hydrogen-bond acceptors (Lipinski definition) is 4. The van der Waals surface area contributed by atoms with Crippen LogP contribution in [0.3, 0.4) is 0 Å². The van der Waals surface area contributed by atoms with Crippen molar-refractivity contribution in [2.45, 2.75) is 19.5 Å². The molecular formula is C11H14BrN3O2. The van der Waals surface area contributed by atoms with Crippen LogP contribution in [0, 0.1) is 12.3 Å². The minimum atomic E-state index is -0.212. The summed E-state index contributed by atoms with van der Waals surface area (Å²) in [6, 6.07) is -0.165. The molecule has 0 bridgehead atoms. The van der Waals surface area contributed by atoms with Gasteiger partial charge in [0.15, 0.2) is 0 Å². The van der Waals surface area contributed by atoms with Crippen LogP contribution in [0.5, 0.6) is 0 Å². The molecule has 1 N–H and O–H groups in total. The lowest BCUT2D eigenvalue weighted by molar-refractivity contribution is 0.181. The average molecular weight is 300 g/mol. The van der Waals surface area contributed by atoms with Crippen molar-refractivity contribution < 1.29 is 4.74 Å². The van der Waals surface area contributed by atoms with Gasteiger partial charge in [0.1, 0.15) is 4.47 Å². The maximum absolute atomic E-state index is 11.9. The molecule has 0 fully saturated rings. The number of nitrogens with one attached hydrogen (secondary N) is 1. The maximum Gasteiger partial charge on any atom is 0.283 e. The predicted octanol–water partition coefficient (Wildman–Crippen LogP) is 1.09. The summed E-state index contributed by atoms with van der Waals surface area (Å²) in [5, 5.41) is 7.02. The summed E-state index contributed by atoms with van der Waals surface area (Å²) < 4.78 is 6.65. The number of methoxy groups -OCH3 is 1. The Morgan fingerprint density at radius 3 is 3.06 bits per heavy atom. The molecule has 0 saturated carbocycles. The van der Waals surface area contributed by atoms with Crippen LogP contribution in [0.15, 0.2) is 15.5 Å². The van der Waals surface area contributed by atoms with Crippen LogP contribution < -0.4 is 10.9 Å². The van der Waals surface area contributed by atoms with E-state index in [1.165, 1.54) is 4.68 Å². The van der Waals surface area contributed by atoms with E-state index in [1.54, 1.807) is 13.3 Å². The Kier molecular flexibility index (Phi) is 5.19. The summed E-state index contributed by atoms with van der Waals surface area (Å²) in [7, 11) is 1.57. The molecule has 92 valence electrons. The average Bonchev–Trinajstić information content (AvgIpc) is 2.34. The summed E-state index contributed by atoms with van der Waals surface area (Å²) in [6.45, 7) is 2.68. The second-order valence-corrected chi connectivity index (χ2v) is 4.22. The standard InChI is InChI=1S/C11H14BrN3O2/c1-4-8(2)14-9-7-13-15(5-6-17-3)11(16)10(9)12/h1,7-8,14H,5-6H2,2-3H3. The molecule has 0 aromatic carbocycles. The van der Waals surface area contributed by atoms with Crippen molar-refractivity contribution in [3.05, 3.63) is 21.0 Å². The summed E-state index contributed by atoms with van der Waals surface area (Å²) >= 11 is 3.24. The first-order valence-corrected chi connectivity index (χ1v) is 5.86. The Balaban J connectivity index is 2.95. The van der Waals surface area contributed by atoms with Crippen LogP contribution in [-0.2, 0) is 11.3 Å². The highest BCUT2D eigenvalue weighted by atomic mass is 79.9. The third-order valence-corrected chi connectivity index (χ3v) is 2.88. The number of aromatic nitrogens is 2. The second kappa shape index (κ2) is 6.42. The van der Waals surface area contributed by atoms with Gasteiger partial charge >= 0.3 is 0 Å². The molecule has 1 aromatic heterocycles. The van der Waals surface area contributed by atoms with Gasteiger partial charge in [-0.05, 0) is 22.9 Å². The predicted molar refractivity (Wildman–Crippen MR) is 70.0 cm³/mol. The van der Waals surface area contributed by atoms with Gasteiger partial charge in [-0.2, -0.15) is 5.10 Å². The highest BCUT2D eigenvalue weighted by molar-refractivity contribution is 9.10. The molecule has 1 unspecified atom stereocenters. The van der Waals surface area contributed by atoms with Gasteiger partial charge in [-0.15, -0.1) is 6.42 Å². The molecule has 17 heavy (non-hydrogen) atoms. The van der Waals surface area contributed by atoms with Crippen molar-refractivity contribution in [3.63, 3.8) is 0 Å². The van der Waals surface area contributed by atoms with Gasteiger partial charge in [-0.1, -0.05) is 5.92 Å². The minimum Gasteiger partial charge on any atom is -0.383 e. The van der Waals surface area contributed by atoms with Crippen molar-refractivity contribution in [1.29, 1.82) is 0 Å². The van der Waals surface area contributed by atoms with Crippen LogP contribution >= 0.6 is 15.9 Å². The summed E-state index contributed by atoms with van der Waals surface area (Å²) in [5.41, 5.74) is 0.380. The van der Waals surface area contributed by atoms with Crippen LogP contribution in [0.2, 0.25) is 0 Å². The number of hydrogen-bond donors (Lipinski definition) is 1. The molecule has 0 aliphatic rings. The number of halogens is 1. The first kappa shape index (κ1) is 13.7. The van der Waals surface area contributed by atoms with E-state index in [9.17, 15) is 4.79 Å². The van der Waals surface area contributed by atoms with Crippen LogP contribution in [0.25, 0.3) is 0 Å². The minimum absolute atomic E-state index is 0.165. The molecule has 0 radical (unpaired) electrons. The Hall–Kier alpha value is -1.32. The third kappa shape index (κ3) is 3.58. The van der Waals surface area contributed by atoms with E-state index in [-0.39, 0.29) is 11.6 Å². The van der Waals surface area contributed by atoms with Crippen molar-refractivity contribution in [2.75, 3.05) is 19.0 Å². The lowest BCUT2D eigenvalue weighted by atomic mass is 10.3. The molecule has 1 atom stereocenters. The highest BCUT2D eigenvalue weighted by Gasteiger charge is 2.09. The highest BCUT2D eigenvalue weighted by Crippen LogP contribution is 2.16. The number of rotatable bonds is 5. The van der Waals surface area contributed by atoms with Crippen molar-refractivity contribution in [2.24, 2.45) is 0 Å². The Bertz CT molecular complexity index is 479. The molecule has 1 heterocycles. The van der Waals surface area contributed by atoms with Crippen LogP contribution in [0.1, 0.15) is 6.92 Å². The van der Waals surface area contributed by atoms with Crippen molar-refractivity contribution >= 4 is 21.6 Å². The lowest BCUT2D eigenvalue weighted by Gasteiger charge is -2.12. The second-order valence-electron chi connectivity index (χ2n) is 3.43. The first-order chi connectivity index (χ1) is 8.10. The van der Waals surface area contributed by atoms with E-state index in [4.69, 9.17) is 11.2 Å². The fourth-order valence-corrected chi connectivity index (χ4v) is 1.60. The van der Waals surface area contributed by atoms with E-state index < -0.39 is 0 Å². The fourth-order valence-electron chi connectivity index (χ4n) is 1.18. The zero-order chi connectivity index (χ0) is 12.8. The number of anilines is 1. The number of nitrogens with zero attached hydrogens (tertiary/aromatic N) is 2. The zero-order valence-electron chi connectivity index (χ0n) is 9.74. The number of terminal acetylenes is 1. The molecule has 6 heteroatoms. The summed E-state index contributed by atoms with van der Waals surface area (Å²) in [5.74, 6) is 2.52. The summed E-state index contributed by atoms with van der Waals surface area (Å²) in [6.07, 6.45) is 6.82. The normalized spacial score (nSPS) is 11.9. The zero-order valence-corrected chi connectivity index (χ0v) is 11.3. The Labute approximate surface area is 108 Å². The monoisotopic (exact) mass is 299 g/mol. The van der Waals surface area contributed by atoms with Gasteiger partial charge in [0.2, 0.25) is 0 Å². The quantitative estimate of drug-likeness (QED) is 0.827. The van der Waals surface area contributed by atoms with Crippen molar-refractivity contribution in [3.8, 4) is 12.3 Å². The van der Waals surface area contributed by atoms with Gasteiger partial charge < -0.3 is 10.1 Å². The van der Waals surface area contributed by atoms with E-state index in [0.717, 1.165) is 0 Å². The molecule has 0 saturated heterocycles. The SMILES string of the molecule is C#CC(C)Nc1cnn(CCOC)c(=O)c1Br. The lowest BCUT2D eigenvalue weighted by Crippen LogP contribution is -2.27. The molecule has 1 aromatic rings. The summed E-state index contributed by atoms with van der Waals surface area (Å²) in [4.78, 5) is 11.9. The fraction of sp³-hybridized carbons (Fsp3) is 0.455. The van der Waals surface area contributed by atoms with Crippen molar-refractivity contribution in [1.82, 2.24) is 9.78 Å². The molecule has 0 aliphatic carbocycles. The first-order valence-electron chi connectivity index (χ1n) is 5.07. The Morgan fingerprint density at radius 2 is 2.47 bits per heavy atom. The topological polar surface area (TPSA) is 56.1 Å². The molecule has 0 aliphatic heterocycles. The molecule has 0 spiro atoms. The van der Waals surface area contributed by atoms with Gasteiger partial charge in [-0.3, -0.25) is 4.79 Å². The van der Waals surface area contributed by atoms with E-state index >= 15 is 0 Å². The number of ether oxygens (including phenoxy) is 1. The molecular weight excluding hydrogens is 286 g/mol. The van der Waals surface area contributed by atoms with Gasteiger partial charge in [-0.25, -0.2) is 4.68 Å². The van der Waals surface area contributed by atoms with Gasteiger partial charge in [0.25, 0.3) is 5.56 Å². The largest absolute Gasteiger partial charge is 0.383 e. The van der Waals surface area contributed by atoms with Gasteiger partial charge in [0.05, 0.1) is 31.1 Å². The molecule has 5 nitrogen and oxygen atoms in total. The van der Waals surface area contributed by atoms with Crippen LogP contribution in [0.4, 0.5) is 5.69 Å². The smallest absolute Gasteiger partial charge is 0.283 e. The molecule has 0 amide bonds.